The van der Waals surface area contributed by atoms with Crippen LogP contribution in [0.2, 0.25) is 0 Å². The first-order valence-electron chi connectivity index (χ1n) is 7.92. The topological polar surface area (TPSA) is 28.2 Å². The van der Waals surface area contributed by atoms with E-state index in [4.69, 9.17) is 4.98 Å². The summed E-state index contributed by atoms with van der Waals surface area (Å²) in [6, 6.07) is 10.6. The normalized spacial score (nSPS) is 11.3. The van der Waals surface area contributed by atoms with Gasteiger partial charge in [0.15, 0.2) is 0 Å². The standard InChI is InChI=1S/C18H27N3/c1-5-10-21(4)18-11-15(13-19-12-14(2)3)16-8-6-7-9-17(16)20-18/h6-9,11,14,19H,5,10,12-13H2,1-4H3. The van der Waals surface area contributed by atoms with E-state index in [2.05, 4.69) is 68.4 Å². The zero-order chi connectivity index (χ0) is 15.2. The van der Waals surface area contributed by atoms with Gasteiger partial charge in [0.25, 0.3) is 0 Å². The maximum absolute atomic E-state index is 4.80. The van der Waals surface area contributed by atoms with Gasteiger partial charge in [-0.1, -0.05) is 39.0 Å². The maximum atomic E-state index is 4.80. The van der Waals surface area contributed by atoms with Crippen molar-refractivity contribution in [3.8, 4) is 0 Å². The first kappa shape index (κ1) is 15.8. The molecule has 1 aromatic heterocycles. The smallest absolute Gasteiger partial charge is 0.129 e. The Balaban J connectivity index is 2.31. The summed E-state index contributed by atoms with van der Waals surface area (Å²) in [5, 5.41) is 4.80. The van der Waals surface area contributed by atoms with Crippen molar-refractivity contribution in [2.45, 2.75) is 33.7 Å². The molecule has 0 unspecified atom stereocenters. The fraction of sp³-hybridized carbons (Fsp3) is 0.500. The summed E-state index contributed by atoms with van der Waals surface area (Å²) < 4.78 is 0. The summed E-state index contributed by atoms with van der Waals surface area (Å²) in [6.45, 7) is 9.63. The molecule has 3 heteroatoms. The van der Waals surface area contributed by atoms with Crippen LogP contribution in [0.5, 0.6) is 0 Å². The van der Waals surface area contributed by atoms with Crippen molar-refractivity contribution in [1.29, 1.82) is 0 Å². The number of fused-ring (bicyclic) bond motifs is 1. The SMILES string of the molecule is CCCN(C)c1cc(CNCC(C)C)c2ccccc2n1. The third kappa shape index (κ3) is 4.18. The Labute approximate surface area is 128 Å². The van der Waals surface area contributed by atoms with Gasteiger partial charge in [0.1, 0.15) is 5.82 Å². The largest absolute Gasteiger partial charge is 0.360 e. The first-order valence-corrected chi connectivity index (χ1v) is 7.92. The van der Waals surface area contributed by atoms with Gasteiger partial charge >= 0.3 is 0 Å². The number of benzene rings is 1. The summed E-state index contributed by atoms with van der Waals surface area (Å²) in [6.07, 6.45) is 1.13. The number of anilines is 1. The van der Waals surface area contributed by atoms with Crippen molar-refractivity contribution >= 4 is 16.7 Å². The van der Waals surface area contributed by atoms with E-state index in [1.165, 1.54) is 10.9 Å². The summed E-state index contributed by atoms with van der Waals surface area (Å²) in [4.78, 5) is 7.03. The highest BCUT2D eigenvalue weighted by atomic mass is 15.2. The Morgan fingerprint density at radius 3 is 2.71 bits per heavy atom. The lowest BCUT2D eigenvalue weighted by Gasteiger charge is -2.19. The molecule has 0 atom stereocenters. The summed E-state index contributed by atoms with van der Waals surface area (Å²) in [7, 11) is 2.12. The highest BCUT2D eigenvalue weighted by Gasteiger charge is 2.08. The van der Waals surface area contributed by atoms with E-state index < -0.39 is 0 Å². The van der Waals surface area contributed by atoms with Gasteiger partial charge in [-0.25, -0.2) is 4.98 Å². The monoisotopic (exact) mass is 285 g/mol. The summed E-state index contributed by atoms with van der Waals surface area (Å²) in [5.41, 5.74) is 2.42. The van der Waals surface area contributed by atoms with Crippen LogP contribution >= 0.6 is 0 Å². The zero-order valence-corrected chi connectivity index (χ0v) is 13.7. The molecule has 0 bridgehead atoms. The van der Waals surface area contributed by atoms with E-state index in [-0.39, 0.29) is 0 Å². The molecule has 1 aromatic carbocycles. The van der Waals surface area contributed by atoms with Crippen LogP contribution in [0.4, 0.5) is 5.82 Å². The number of nitrogens with one attached hydrogen (secondary N) is 1. The average molecular weight is 285 g/mol. The van der Waals surface area contributed by atoms with Crippen LogP contribution in [0.25, 0.3) is 10.9 Å². The van der Waals surface area contributed by atoms with E-state index in [0.717, 1.165) is 37.4 Å². The van der Waals surface area contributed by atoms with Crippen LogP contribution < -0.4 is 10.2 Å². The second kappa shape index (κ2) is 7.41. The number of para-hydroxylation sites is 1. The minimum absolute atomic E-state index is 0.667. The lowest BCUT2D eigenvalue weighted by atomic mass is 10.1. The number of rotatable bonds is 7. The quantitative estimate of drug-likeness (QED) is 0.838. The Morgan fingerprint density at radius 2 is 2.00 bits per heavy atom. The number of pyridine rings is 1. The molecule has 0 saturated carbocycles. The summed E-state index contributed by atoms with van der Waals surface area (Å²) >= 11 is 0. The van der Waals surface area contributed by atoms with Crippen molar-refractivity contribution in [2.75, 3.05) is 25.0 Å². The van der Waals surface area contributed by atoms with Crippen molar-refractivity contribution < 1.29 is 0 Å². The van der Waals surface area contributed by atoms with Crippen LogP contribution in [0.15, 0.2) is 30.3 Å². The minimum atomic E-state index is 0.667. The number of hydrogen-bond donors (Lipinski definition) is 1. The molecule has 0 aliphatic heterocycles. The number of aromatic nitrogens is 1. The predicted molar refractivity (Wildman–Crippen MR) is 91.8 cm³/mol. The van der Waals surface area contributed by atoms with Crippen molar-refractivity contribution in [2.24, 2.45) is 5.92 Å². The number of nitrogens with zero attached hydrogens (tertiary/aromatic N) is 2. The van der Waals surface area contributed by atoms with Crippen LogP contribution in [-0.2, 0) is 6.54 Å². The molecular weight excluding hydrogens is 258 g/mol. The Hall–Kier alpha value is -1.61. The second-order valence-electron chi connectivity index (χ2n) is 6.10. The molecule has 3 nitrogen and oxygen atoms in total. The Morgan fingerprint density at radius 1 is 1.24 bits per heavy atom. The molecule has 114 valence electrons. The van der Waals surface area contributed by atoms with Gasteiger partial charge in [-0.15, -0.1) is 0 Å². The molecule has 1 N–H and O–H groups in total. The molecule has 0 amide bonds. The van der Waals surface area contributed by atoms with Gasteiger partial charge in [-0.05, 0) is 36.6 Å². The van der Waals surface area contributed by atoms with E-state index in [1.54, 1.807) is 0 Å². The van der Waals surface area contributed by atoms with Gasteiger partial charge in [-0.3, -0.25) is 0 Å². The molecule has 0 saturated heterocycles. The maximum Gasteiger partial charge on any atom is 0.129 e. The van der Waals surface area contributed by atoms with E-state index in [9.17, 15) is 0 Å². The fourth-order valence-corrected chi connectivity index (χ4v) is 2.52. The highest BCUT2D eigenvalue weighted by Crippen LogP contribution is 2.22. The lowest BCUT2D eigenvalue weighted by Crippen LogP contribution is -2.21. The van der Waals surface area contributed by atoms with Gasteiger partial charge in [0, 0.05) is 25.5 Å². The lowest BCUT2D eigenvalue weighted by molar-refractivity contribution is 0.553. The highest BCUT2D eigenvalue weighted by molar-refractivity contribution is 5.84. The van der Waals surface area contributed by atoms with Crippen LogP contribution in [0, 0.1) is 5.92 Å². The molecule has 2 aromatic rings. The Bertz CT molecular complexity index is 578. The van der Waals surface area contributed by atoms with Crippen molar-refractivity contribution in [1.82, 2.24) is 10.3 Å². The molecule has 2 rings (SSSR count). The summed E-state index contributed by atoms with van der Waals surface area (Å²) in [5.74, 6) is 1.73. The molecule has 0 radical (unpaired) electrons. The van der Waals surface area contributed by atoms with Crippen LogP contribution in [0.1, 0.15) is 32.8 Å². The number of hydrogen-bond acceptors (Lipinski definition) is 3. The molecule has 0 aliphatic rings. The molecular formula is C18H27N3. The van der Waals surface area contributed by atoms with Gasteiger partial charge in [0.05, 0.1) is 5.52 Å². The van der Waals surface area contributed by atoms with Crippen LogP contribution in [0.3, 0.4) is 0 Å². The van der Waals surface area contributed by atoms with Crippen molar-refractivity contribution in [3.63, 3.8) is 0 Å². The fourth-order valence-electron chi connectivity index (χ4n) is 2.52. The van der Waals surface area contributed by atoms with E-state index in [1.807, 2.05) is 0 Å². The van der Waals surface area contributed by atoms with Crippen LogP contribution in [-0.4, -0.2) is 25.1 Å². The van der Waals surface area contributed by atoms with Crippen molar-refractivity contribution in [3.05, 3.63) is 35.9 Å². The predicted octanol–water partition coefficient (Wildman–Crippen LogP) is 3.83. The first-order chi connectivity index (χ1) is 10.1. The molecule has 0 fully saturated rings. The molecule has 21 heavy (non-hydrogen) atoms. The van der Waals surface area contributed by atoms with Gasteiger partial charge in [0.2, 0.25) is 0 Å². The zero-order valence-electron chi connectivity index (χ0n) is 13.7. The molecule has 0 aliphatic carbocycles. The molecule has 0 spiro atoms. The van der Waals surface area contributed by atoms with Gasteiger partial charge < -0.3 is 10.2 Å². The third-order valence-corrected chi connectivity index (χ3v) is 3.61. The van der Waals surface area contributed by atoms with E-state index >= 15 is 0 Å². The molecule has 1 heterocycles. The average Bonchev–Trinajstić information content (AvgIpc) is 2.47. The second-order valence-corrected chi connectivity index (χ2v) is 6.10. The third-order valence-electron chi connectivity index (χ3n) is 3.61. The van der Waals surface area contributed by atoms with E-state index in [0.29, 0.717) is 5.92 Å². The minimum Gasteiger partial charge on any atom is -0.360 e. The Kier molecular flexibility index (Phi) is 5.57. The van der Waals surface area contributed by atoms with Gasteiger partial charge in [-0.2, -0.15) is 0 Å².